The molecule has 146 valence electrons. The Morgan fingerprint density at radius 3 is 2.75 bits per heavy atom. The molecule has 9 nitrogen and oxygen atoms in total. The second kappa shape index (κ2) is 7.12. The third kappa shape index (κ3) is 3.63. The van der Waals surface area contributed by atoms with Crippen molar-refractivity contribution in [3.63, 3.8) is 0 Å². The van der Waals surface area contributed by atoms with Crippen LogP contribution in [0, 0.1) is 6.92 Å². The predicted molar refractivity (Wildman–Crippen MR) is 101 cm³/mol. The second-order valence-electron chi connectivity index (χ2n) is 6.64. The highest BCUT2D eigenvalue weighted by Crippen LogP contribution is 2.23. The van der Waals surface area contributed by atoms with Crippen molar-refractivity contribution in [2.24, 2.45) is 0 Å². The minimum absolute atomic E-state index is 0.0228. The summed E-state index contributed by atoms with van der Waals surface area (Å²) < 4.78 is 33.1. The molecular formula is C18H19N5O4S. The van der Waals surface area contributed by atoms with E-state index in [1.807, 2.05) is 13.0 Å². The highest BCUT2D eigenvalue weighted by molar-refractivity contribution is 7.92. The van der Waals surface area contributed by atoms with Crippen LogP contribution in [-0.2, 0) is 10.0 Å². The van der Waals surface area contributed by atoms with Gasteiger partial charge in [0.2, 0.25) is 0 Å². The summed E-state index contributed by atoms with van der Waals surface area (Å²) in [5.41, 5.74) is 1.73. The molecule has 3 aromatic rings. The van der Waals surface area contributed by atoms with Gasteiger partial charge in [-0.15, -0.1) is 10.2 Å². The SMILES string of the molecule is Cc1cccc(NS(=O)(=O)c2c[nH]c(-c3nnc(C(=O)N4CCCC4)o3)c2)c1. The number of nitrogens with one attached hydrogen (secondary N) is 2. The Hall–Kier alpha value is -3.14. The summed E-state index contributed by atoms with van der Waals surface area (Å²) >= 11 is 0. The minimum atomic E-state index is -3.79. The largest absolute Gasteiger partial charge is 0.411 e. The monoisotopic (exact) mass is 401 g/mol. The molecule has 2 aromatic heterocycles. The van der Waals surface area contributed by atoms with Crippen molar-refractivity contribution in [3.05, 3.63) is 48.0 Å². The first-order valence-electron chi connectivity index (χ1n) is 8.83. The molecule has 0 spiro atoms. The lowest BCUT2D eigenvalue weighted by molar-refractivity contribution is 0.0754. The number of amides is 1. The molecule has 0 aliphatic carbocycles. The van der Waals surface area contributed by atoms with Gasteiger partial charge in [-0.2, -0.15) is 0 Å². The van der Waals surface area contributed by atoms with Crippen molar-refractivity contribution < 1.29 is 17.6 Å². The molecular weight excluding hydrogens is 382 g/mol. The number of aromatic amines is 1. The van der Waals surface area contributed by atoms with Crippen molar-refractivity contribution >= 4 is 21.6 Å². The lowest BCUT2D eigenvalue weighted by Crippen LogP contribution is -2.27. The van der Waals surface area contributed by atoms with Crippen molar-refractivity contribution in [2.45, 2.75) is 24.7 Å². The molecule has 1 fully saturated rings. The van der Waals surface area contributed by atoms with Crippen LogP contribution >= 0.6 is 0 Å². The number of carbonyl (C=O) groups is 1. The molecule has 3 heterocycles. The van der Waals surface area contributed by atoms with Crippen LogP contribution in [0.2, 0.25) is 0 Å². The smallest absolute Gasteiger partial charge is 0.311 e. The van der Waals surface area contributed by atoms with Gasteiger partial charge in [0, 0.05) is 25.0 Å². The Labute approximate surface area is 161 Å². The van der Waals surface area contributed by atoms with E-state index >= 15 is 0 Å². The lowest BCUT2D eigenvalue weighted by Gasteiger charge is -2.11. The van der Waals surface area contributed by atoms with Crippen LogP contribution < -0.4 is 4.72 Å². The summed E-state index contributed by atoms with van der Waals surface area (Å²) in [5, 5.41) is 7.65. The number of hydrogen-bond acceptors (Lipinski definition) is 6. The quantitative estimate of drug-likeness (QED) is 0.677. The average molecular weight is 401 g/mol. The van der Waals surface area contributed by atoms with E-state index in [2.05, 4.69) is 19.9 Å². The molecule has 0 atom stereocenters. The number of aryl methyl sites for hydroxylation is 1. The fraction of sp³-hybridized carbons (Fsp3) is 0.278. The summed E-state index contributed by atoms with van der Waals surface area (Å²) in [6.07, 6.45) is 3.25. The van der Waals surface area contributed by atoms with Crippen LogP contribution in [0.4, 0.5) is 5.69 Å². The number of nitrogens with zero attached hydrogens (tertiary/aromatic N) is 3. The van der Waals surface area contributed by atoms with E-state index in [0.29, 0.717) is 24.5 Å². The second-order valence-corrected chi connectivity index (χ2v) is 8.32. The van der Waals surface area contributed by atoms with Crippen molar-refractivity contribution in [1.29, 1.82) is 0 Å². The van der Waals surface area contributed by atoms with E-state index in [1.165, 1.54) is 12.3 Å². The van der Waals surface area contributed by atoms with Gasteiger partial charge in [0.1, 0.15) is 10.6 Å². The maximum atomic E-state index is 12.6. The van der Waals surface area contributed by atoms with E-state index in [9.17, 15) is 13.2 Å². The molecule has 28 heavy (non-hydrogen) atoms. The van der Waals surface area contributed by atoms with Gasteiger partial charge in [0.15, 0.2) is 0 Å². The number of sulfonamides is 1. The first-order valence-corrected chi connectivity index (χ1v) is 10.3. The van der Waals surface area contributed by atoms with E-state index < -0.39 is 10.0 Å². The Kier molecular flexibility index (Phi) is 4.63. The number of H-pyrrole nitrogens is 1. The lowest BCUT2D eigenvalue weighted by atomic mass is 10.2. The van der Waals surface area contributed by atoms with Crippen LogP contribution in [-0.4, -0.2) is 47.5 Å². The van der Waals surface area contributed by atoms with Crippen LogP contribution in [0.1, 0.15) is 29.1 Å². The summed E-state index contributed by atoms with van der Waals surface area (Å²) in [5.74, 6) is -0.356. The summed E-state index contributed by atoms with van der Waals surface area (Å²) in [4.78, 5) is 16.8. The third-order valence-corrected chi connectivity index (χ3v) is 5.83. The summed E-state index contributed by atoms with van der Waals surface area (Å²) in [7, 11) is -3.79. The molecule has 0 bridgehead atoms. The molecule has 1 aliphatic heterocycles. The van der Waals surface area contributed by atoms with Crippen LogP contribution in [0.5, 0.6) is 0 Å². The van der Waals surface area contributed by atoms with E-state index in [0.717, 1.165) is 18.4 Å². The molecule has 1 saturated heterocycles. The Bertz CT molecular complexity index is 1110. The predicted octanol–water partition coefficient (Wildman–Crippen LogP) is 2.41. The molecule has 1 aliphatic rings. The fourth-order valence-corrected chi connectivity index (χ4v) is 4.09. The van der Waals surface area contributed by atoms with Crippen LogP contribution in [0.25, 0.3) is 11.6 Å². The number of benzene rings is 1. The maximum Gasteiger partial charge on any atom is 0.311 e. The van der Waals surface area contributed by atoms with Gasteiger partial charge in [0.25, 0.3) is 15.9 Å². The van der Waals surface area contributed by atoms with Gasteiger partial charge >= 0.3 is 11.8 Å². The zero-order valence-corrected chi connectivity index (χ0v) is 16.0. The molecule has 1 amide bonds. The summed E-state index contributed by atoms with van der Waals surface area (Å²) in [6.45, 7) is 3.22. The van der Waals surface area contributed by atoms with Crippen molar-refractivity contribution in [1.82, 2.24) is 20.1 Å². The topological polar surface area (TPSA) is 121 Å². The standard InChI is InChI=1S/C18H19N5O4S/c1-12-5-4-6-13(9-12)22-28(25,26)14-10-15(19-11-14)16-20-21-17(27-16)18(24)23-7-2-3-8-23/h4-6,9-11,19,22H,2-3,7-8H2,1H3. The molecule has 0 saturated carbocycles. The van der Waals surface area contributed by atoms with Crippen molar-refractivity contribution in [2.75, 3.05) is 17.8 Å². The van der Waals surface area contributed by atoms with Gasteiger partial charge in [0.05, 0.1) is 0 Å². The number of hydrogen-bond donors (Lipinski definition) is 2. The number of likely N-dealkylation sites (tertiary alicyclic amines) is 1. The van der Waals surface area contributed by atoms with Gasteiger partial charge in [-0.05, 0) is 43.5 Å². The van der Waals surface area contributed by atoms with E-state index in [4.69, 9.17) is 4.42 Å². The number of aromatic nitrogens is 3. The van der Waals surface area contributed by atoms with Gasteiger partial charge < -0.3 is 14.3 Å². The molecule has 1 aromatic carbocycles. The van der Waals surface area contributed by atoms with Gasteiger partial charge in [-0.1, -0.05) is 12.1 Å². The highest BCUT2D eigenvalue weighted by atomic mass is 32.2. The highest BCUT2D eigenvalue weighted by Gasteiger charge is 2.25. The average Bonchev–Trinajstić information content (AvgIpc) is 3.41. The Balaban J connectivity index is 1.53. The van der Waals surface area contributed by atoms with Crippen molar-refractivity contribution in [3.8, 4) is 11.6 Å². The van der Waals surface area contributed by atoms with Crippen LogP contribution in [0.3, 0.4) is 0 Å². The Morgan fingerprint density at radius 2 is 2.00 bits per heavy atom. The zero-order chi connectivity index (χ0) is 19.7. The number of rotatable bonds is 5. The first kappa shape index (κ1) is 18.2. The fourth-order valence-electron chi connectivity index (χ4n) is 3.05. The molecule has 10 heteroatoms. The molecule has 0 unspecified atom stereocenters. The Morgan fingerprint density at radius 1 is 1.21 bits per heavy atom. The molecule has 4 rings (SSSR count). The third-order valence-electron chi connectivity index (χ3n) is 4.47. The molecule has 2 N–H and O–H groups in total. The zero-order valence-electron chi connectivity index (χ0n) is 15.2. The van der Waals surface area contributed by atoms with Crippen LogP contribution in [0.15, 0.2) is 45.8 Å². The van der Waals surface area contributed by atoms with Gasteiger partial charge in [-0.3, -0.25) is 9.52 Å². The maximum absolute atomic E-state index is 12.6. The van der Waals surface area contributed by atoms with E-state index in [-0.39, 0.29) is 22.6 Å². The minimum Gasteiger partial charge on any atom is -0.411 e. The summed E-state index contributed by atoms with van der Waals surface area (Å²) in [6, 6.07) is 8.44. The molecule has 0 radical (unpaired) electrons. The van der Waals surface area contributed by atoms with E-state index in [1.54, 1.807) is 23.1 Å². The van der Waals surface area contributed by atoms with Gasteiger partial charge in [-0.25, -0.2) is 8.42 Å². The first-order chi connectivity index (χ1) is 13.4. The number of anilines is 1. The number of carbonyl (C=O) groups excluding carboxylic acids is 1. The normalized spacial score (nSPS) is 14.4.